The largest absolute Gasteiger partial charge is 0.447 e. The molecule has 0 spiro atoms. The maximum atomic E-state index is 11.7. The Kier molecular flexibility index (Phi) is 9.55. The van der Waals surface area contributed by atoms with Crippen molar-refractivity contribution in [3.8, 4) is 6.07 Å². The fourth-order valence-electron chi connectivity index (χ4n) is 1.61. The second-order valence-electron chi connectivity index (χ2n) is 4.94. The van der Waals surface area contributed by atoms with E-state index in [-0.39, 0.29) is 5.92 Å². The zero-order valence-corrected chi connectivity index (χ0v) is 13.1. The fraction of sp³-hybridized carbons (Fsp3) is 0.846. The first kappa shape index (κ1) is 18.1. The van der Waals surface area contributed by atoms with E-state index in [2.05, 4.69) is 0 Å². The van der Waals surface area contributed by atoms with E-state index in [0.717, 1.165) is 0 Å². The van der Waals surface area contributed by atoms with E-state index in [1.807, 2.05) is 26.8 Å². The molecule has 0 bridgehead atoms. The number of hydrogen-bond acceptors (Lipinski definition) is 5. The van der Waals surface area contributed by atoms with Crippen LogP contribution in [0.1, 0.15) is 40.5 Å². The first-order valence-corrected chi connectivity index (χ1v) is 8.15. The van der Waals surface area contributed by atoms with Crippen molar-refractivity contribution in [1.29, 1.82) is 5.26 Å². The number of esters is 1. The minimum Gasteiger partial charge on any atom is -0.447 e. The number of nitriles is 1. The summed E-state index contributed by atoms with van der Waals surface area (Å²) < 4.78 is 21.9. The number of ether oxygens (including phenoxy) is 1. The molecule has 0 aliphatic carbocycles. The average Bonchev–Trinajstić information content (AvgIpc) is 2.34. The van der Waals surface area contributed by atoms with Gasteiger partial charge in [0, 0.05) is 19.0 Å². The Labute approximate surface area is 116 Å². The highest BCUT2D eigenvalue weighted by atomic mass is 31.1. The molecule has 0 fully saturated rings. The van der Waals surface area contributed by atoms with Gasteiger partial charge >= 0.3 is 5.97 Å². The van der Waals surface area contributed by atoms with Crippen molar-refractivity contribution in [2.45, 2.75) is 46.6 Å². The van der Waals surface area contributed by atoms with Crippen LogP contribution in [0.4, 0.5) is 0 Å². The number of rotatable bonds is 9. The summed E-state index contributed by atoms with van der Waals surface area (Å²) in [7, 11) is -2.06. The Morgan fingerprint density at radius 3 is 2.47 bits per heavy atom. The zero-order valence-electron chi connectivity index (χ0n) is 12.1. The highest BCUT2D eigenvalue weighted by Crippen LogP contribution is 2.28. The van der Waals surface area contributed by atoms with E-state index in [0.29, 0.717) is 31.5 Å². The van der Waals surface area contributed by atoms with Crippen molar-refractivity contribution in [3.05, 3.63) is 0 Å². The van der Waals surface area contributed by atoms with Gasteiger partial charge in [0.2, 0.25) is 0 Å². The molecule has 3 unspecified atom stereocenters. The number of hydrogen-bond donors (Lipinski definition) is 0. The summed E-state index contributed by atoms with van der Waals surface area (Å²) in [6, 6.07) is 1.98. The zero-order chi connectivity index (χ0) is 14.8. The minimum absolute atomic E-state index is 0.0921. The first-order chi connectivity index (χ1) is 8.90. The molecule has 0 rings (SSSR count). The summed E-state index contributed by atoms with van der Waals surface area (Å²) in [4.78, 5) is 10.9. The molecule has 0 heterocycles. The summed E-state index contributed by atoms with van der Waals surface area (Å²) >= 11 is 0. The Bertz CT molecular complexity index is 338. The lowest BCUT2D eigenvalue weighted by atomic mass is 9.97. The van der Waals surface area contributed by atoms with Crippen molar-refractivity contribution in [3.63, 3.8) is 0 Å². The van der Waals surface area contributed by atoms with Crippen LogP contribution in [0.3, 0.4) is 0 Å². The SMILES string of the molecule is CCC(CC[PH](=O)OCC(C)C)C(C#N)OC(C)=O. The number of nitrogens with zero attached hydrogens (tertiary/aromatic N) is 1. The van der Waals surface area contributed by atoms with E-state index in [1.165, 1.54) is 6.92 Å². The maximum absolute atomic E-state index is 11.7. The molecule has 110 valence electrons. The van der Waals surface area contributed by atoms with Gasteiger partial charge in [-0.3, -0.25) is 9.36 Å². The molecule has 0 N–H and O–H groups in total. The van der Waals surface area contributed by atoms with Gasteiger partial charge in [-0.05, 0) is 18.8 Å². The molecule has 6 heteroatoms. The minimum atomic E-state index is -2.06. The number of carbonyl (C=O) groups is 1. The molecule has 0 aromatic heterocycles. The van der Waals surface area contributed by atoms with Crippen molar-refractivity contribution in [2.24, 2.45) is 11.8 Å². The lowest BCUT2D eigenvalue weighted by Gasteiger charge is -2.20. The summed E-state index contributed by atoms with van der Waals surface area (Å²) in [6.45, 7) is 7.68. The second-order valence-corrected chi connectivity index (χ2v) is 6.48. The molecule has 0 amide bonds. The van der Waals surface area contributed by atoms with E-state index in [9.17, 15) is 9.36 Å². The Morgan fingerprint density at radius 2 is 2.05 bits per heavy atom. The van der Waals surface area contributed by atoms with Crippen molar-refractivity contribution < 1.29 is 18.6 Å². The van der Waals surface area contributed by atoms with Gasteiger partial charge in [-0.2, -0.15) is 5.26 Å². The van der Waals surface area contributed by atoms with Crippen LogP contribution in [-0.2, 0) is 18.6 Å². The molecular weight excluding hydrogens is 265 g/mol. The van der Waals surface area contributed by atoms with Crippen LogP contribution in [0, 0.1) is 23.2 Å². The van der Waals surface area contributed by atoms with Gasteiger partial charge in [0.1, 0.15) is 6.07 Å². The predicted molar refractivity (Wildman–Crippen MR) is 74.2 cm³/mol. The monoisotopic (exact) mass is 289 g/mol. The van der Waals surface area contributed by atoms with Crippen LogP contribution in [0.15, 0.2) is 0 Å². The van der Waals surface area contributed by atoms with Gasteiger partial charge < -0.3 is 9.26 Å². The van der Waals surface area contributed by atoms with Crippen molar-refractivity contribution in [1.82, 2.24) is 0 Å². The molecular formula is C13H24NO4P. The quantitative estimate of drug-likeness (QED) is 0.481. The Hall–Kier alpha value is -0.850. The standard InChI is InChI=1S/C13H24NO4P/c1-5-12(13(8-14)18-11(4)15)6-7-19(16)17-9-10(2)3/h10,12-13,19H,5-7,9H2,1-4H3. The topological polar surface area (TPSA) is 76.4 Å². The highest BCUT2D eigenvalue weighted by molar-refractivity contribution is 7.39. The third kappa shape index (κ3) is 8.80. The molecule has 0 saturated heterocycles. The first-order valence-electron chi connectivity index (χ1n) is 6.63. The predicted octanol–water partition coefficient (Wildman–Crippen LogP) is 3.01. The third-order valence-corrected chi connectivity index (χ3v) is 3.86. The summed E-state index contributed by atoms with van der Waals surface area (Å²) in [6.07, 6.45) is 0.931. The van der Waals surface area contributed by atoms with E-state index < -0.39 is 20.1 Å². The summed E-state index contributed by atoms with van der Waals surface area (Å²) in [5, 5.41) is 8.99. The lowest BCUT2D eigenvalue weighted by molar-refractivity contribution is -0.146. The van der Waals surface area contributed by atoms with Crippen LogP contribution in [0.5, 0.6) is 0 Å². The molecule has 0 aromatic carbocycles. The van der Waals surface area contributed by atoms with E-state index >= 15 is 0 Å². The van der Waals surface area contributed by atoms with Crippen LogP contribution < -0.4 is 0 Å². The third-order valence-electron chi connectivity index (χ3n) is 2.67. The van der Waals surface area contributed by atoms with Gasteiger partial charge in [-0.1, -0.05) is 20.8 Å². The van der Waals surface area contributed by atoms with Crippen LogP contribution in [-0.4, -0.2) is 24.8 Å². The molecule has 0 aliphatic rings. The Morgan fingerprint density at radius 1 is 1.42 bits per heavy atom. The molecule has 3 atom stereocenters. The lowest BCUT2D eigenvalue weighted by Crippen LogP contribution is -2.24. The van der Waals surface area contributed by atoms with Crippen LogP contribution in [0.25, 0.3) is 0 Å². The fourth-order valence-corrected chi connectivity index (χ4v) is 2.88. The van der Waals surface area contributed by atoms with Gasteiger partial charge in [-0.15, -0.1) is 0 Å². The van der Waals surface area contributed by atoms with E-state index in [1.54, 1.807) is 0 Å². The average molecular weight is 289 g/mol. The smallest absolute Gasteiger partial charge is 0.303 e. The molecule has 19 heavy (non-hydrogen) atoms. The van der Waals surface area contributed by atoms with Crippen molar-refractivity contribution >= 4 is 14.0 Å². The summed E-state index contributed by atoms with van der Waals surface area (Å²) in [5.74, 6) is -0.206. The summed E-state index contributed by atoms with van der Waals surface area (Å²) in [5.41, 5.74) is 0. The number of carbonyl (C=O) groups excluding carboxylic acids is 1. The normalized spacial score (nSPS) is 15.6. The molecule has 0 saturated carbocycles. The van der Waals surface area contributed by atoms with Crippen molar-refractivity contribution in [2.75, 3.05) is 12.8 Å². The molecule has 0 aliphatic heterocycles. The van der Waals surface area contributed by atoms with Gasteiger partial charge in [0.15, 0.2) is 14.1 Å². The second kappa shape index (κ2) is 10.00. The van der Waals surface area contributed by atoms with Crippen LogP contribution >= 0.6 is 8.03 Å². The Balaban J connectivity index is 4.21. The van der Waals surface area contributed by atoms with Gasteiger partial charge in [0.25, 0.3) is 0 Å². The molecule has 5 nitrogen and oxygen atoms in total. The van der Waals surface area contributed by atoms with E-state index in [4.69, 9.17) is 14.5 Å². The van der Waals surface area contributed by atoms with Crippen LogP contribution in [0.2, 0.25) is 0 Å². The highest BCUT2D eigenvalue weighted by Gasteiger charge is 2.23. The molecule has 0 aromatic rings. The maximum Gasteiger partial charge on any atom is 0.303 e. The van der Waals surface area contributed by atoms with Gasteiger partial charge in [-0.25, -0.2) is 0 Å². The van der Waals surface area contributed by atoms with Gasteiger partial charge in [0.05, 0.1) is 6.61 Å². The molecule has 0 radical (unpaired) electrons.